The van der Waals surface area contributed by atoms with Crippen molar-refractivity contribution in [3.63, 3.8) is 0 Å². The molecule has 1 amide bonds. The number of halogens is 3. The Labute approximate surface area is 444 Å². The summed E-state index contributed by atoms with van der Waals surface area (Å²) in [5.41, 5.74) is -6.88. The Hall–Kier alpha value is -3.59. The lowest BCUT2D eigenvalue weighted by Gasteiger charge is -2.59. The normalized spacial score (nSPS) is 41.9. The number of esters is 1. The van der Waals surface area contributed by atoms with Gasteiger partial charge in [-0.2, -0.15) is 13.2 Å². The highest BCUT2D eigenvalue weighted by molar-refractivity contribution is 5.89. The Morgan fingerprint density at radius 2 is 1.58 bits per heavy atom. The zero-order valence-corrected chi connectivity index (χ0v) is 46.6. The number of cyclic esters (lactones) is 2. The number of aliphatic hydroxyl groups excluding tert-OH is 3. The smallest absolute Gasteiger partial charge is 0.416 e. The van der Waals surface area contributed by atoms with Crippen LogP contribution in [0.4, 0.5) is 23.7 Å². The fourth-order valence-corrected chi connectivity index (χ4v) is 12.4. The molecule has 1 aromatic carbocycles. The van der Waals surface area contributed by atoms with E-state index in [-0.39, 0.29) is 44.0 Å². The van der Waals surface area contributed by atoms with Crippen molar-refractivity contribution < 1.29 is 81.8 Å². The molecule has 19 atom stereocenters. The summed E-state index contributed by atoms with van der Waals surface area (Å²) in [5.74, 6) is -5.81. The van der Waals surface area contributed by atoms with Gasteiger partial charge in [-0.3, -0.25) is 9.69 Å². The van der Waals surface area contributed by atoms with Crippen LogP contribution >= 0.6 is 0 Å². The maximum atomic E-state index is 14.9. The van der Waals surface area contributed by atoms with Gasteiger partial charge in [-0.15, -0.1) is 5.10 Å². The van der Waals surface area contributed by atoms with Crippen molar-refractivity contribution in [3.8, 4) is 0 Å². The Bertz CT molecular complexity index is 2280. The van der Waals surface area contributed by atoms with E-state index in [4.69, 9.17) is 28.4 Å². The molecule has 432 valence electrons. The monoisotopic (exact) mass is 1090 g/mol. The molecule has 4 fully saturated rings. The van der Waals surface area contributed by atoms with Gasteiger partial charge in [0.05, 0.1) is 59.8 Å². The number of anilines is 1. The molecule has 76 heavy (non-hydrogen) atoms. The Balaban J connectivity index is 1.27. The number of likely N-dealkylation sites (N-methyl/N-ethyl adjacent to an activating group) is 2. The number of rotatable bonds is 12. The van der Waals surface area contributed by atoms with Gasteiger partial charge < -0.3 is 68.9 Å². The average molecular weight is 1090 g/mol. The van der Waals surface area contributed by atoms with E-state index >= 15 is 0 Å². The molecular weight excluding hydrogens is 1000 g/mol. The molecule has 20 nitrogen and oxygen atoms in total. The number of ether oxygens (including phenoxy) is 6. The minimum atomic E-state index is -4.52. The number of aliphatic hydroxyl groups is 6. The van der Waals surface area contributed by atoms with Gasteiger partial charge in [-0.25, -0.2) is 9.48 Å². The second-order valence-corrected chi connectivity index (χ2v) is 23.4. The van der Waals surface area contributed by atoms with Gasteiger partial charge in [-0.1, -0.05) is 39.8 Å². The molecule has 0 spiro atoms. The van der Waals surface area contributed by atoms with Crippen molar-refractivity contribution in [2.45, 2.75) is 211 Å². The summed E-state index contributed by atoms with van der Waals surface area (Å²) in [4.78, 5) is 32.6. The lowest BCUT2D eigenvalue weighted by atomic mass is 9.57. The van der Waals surface area contributed by atoms with Gasteiger partial charge in [0.2, 0.25) is 0 Å². The number of hydrogen-bond acceptors (Lipinski definition) is 18. The lowest BCUT2D eigenvalue weighted by molar-refractivity contribution is -0.385. The van der Waals surface area contributed by atoms with Crippen LogP contribution in [0.3, 0.4) is 0 Å². The number of methoxy groups -OCH3 is 1. The van der Waals surface area contributed by atoms with Crippen LogP contribution in [0.25, 0.3) is 0 Å². The minimum Gasteiger partial charge on any atom is -0.459 e. The molecule has 0 radical (unpaired) electrons. The van der Waals surface area contributed by atoms with Crippen LogP contribution in [-0.2, 0) is 52.4 Å². The summed E-state index contributed by atoms with van der Waals surface area (Å²) in [6, 6.07) is 3.05. The molecule has 0 saturated carbocycles. The molecule has 0 bridgehead atoms. The van der Waals surface area contributed by atoms with E-state index in [0.29, 0.717) is 31.6 Å². The maximum absolute atomic E-state index is 14.9. The number of nitrogens with zero attached hydrogens (tertiary/aromatic N) is 6. The van der Waals surface area contributed by atoms with Gasteiger partial charge in [0, 0.05) is 62.4 Å². The van der Waals surface area contributed by atoms with Crippen LogP contribution < -0.4 is 4.90 Å². The highest BCUT2D eigenvalue weighted by atomic mass is 19.4. The van der Waals surface area contributed by atoms with E-state index in [2.05, 4.69) is 10.3 Å². The average Bonchev–Trinajstić information content (AvgIpc) is 3.96. The fourth-order valence-electron chi connectivity index (χ4n) is 12.4. The zero-order chi connectivity index (χ0) is 56.8. The quantitative estimate of drug-likeness (QED) is 0.164. The van der Waals surface area contributed by atoms with E-state index in [9.17, 15) is 53.4 Å². The topological polar surface area (TPSA) is 251 Å². The van der Waals surface area contributed by atoms with Crippen LogP contribution in [-0.4, -0.2) is 198 Å². The molecule has 4 aliphatic heterocycles. The summed E-state index contributed by atoms with van der Waals surface area (Å²) in [6.07, 6.45) is -12.9. The summed E-state index contributed by atoms with van der Waals surface area (Å²) >= 11 is 0. The van der Waals surface area contributed by atoms with E-state index in [1.807, 2.05) is 30.7 Å². The molecule has 1 aromatic heterocycles. The highest BCUT2D eigenvalue weighted by Gasteiger charge is 2.67. The molecule has 2 aromatic rings. The first-order valence-electron chi connectivity index (χ1n) is 26.5. The molecule has 4 saturated heterocycles. The van der Waals surface area contributed by atoms with Crippen LogP contribution in [0.2, 0.25) is 0 Å². The molecule has 0 unspecified atom stereocenters. The van der Waals surface area contributed by atoms with Crippen LogP contribution in [0, 0.1) is 23.2 Å². The Morgan fingerprint density at radius 3 is 2.18 bits per heavy atom. The third-order valence-electron chi connectivity index (χ3n) is 17.5. The first kappa shape index (κ1) is 61.6. The molecular formula is C53H85F3N6O14. The van der Waals surface area contributed by atoms with Crippen molar-refractivity contribution in [1.82, 2.24) is 24.8 Å². The largest absolute Gasteiger partial charge is 0.459 e. The SMILES string of the molecule is CC[C@H]1OC(=O)[C@H](C)[C@](C)([C@]2(O)C[C@@](C)(OC)[C@@H](O)[C@H](C)O2)[C@H](C)[C@@H](O[C@@H]2O[C@H](C)C[C@H](N(C)CCc3cn(C[C@H]4CN(c5ccc(C(F)(F)F)cc5)C(=O)O4)nn3)[C@H]2O)[C@](C)(O)C[C@@H](C)CN(C)[C@H](C)[C@@H](O)[C@]1(C)O. The molecule has 5 heterocycles. The summed E-state index contributed by atoms with van der Waals surface area (Å²) in [7, 11) is 5.03. The number of benzene rings is 1. The van der Waals surface area contributed by atoms with Crippen molar-refractivity contribution in [2.75, 3.05) is 45.7 Å². The predicted octanol–water partition coefficient (Wildman–Crippen LogP) is 4.13. The molecule has 0 aliphatic carbocycles. The maximum Gasteiger partial charge on any atom is 0.416 e. The summed E-state index contributed by atoms with van der Waals surface area (Å²) in [6.45, 7) is 19.3. The third kappa shape index (κ3) is 12.5. The first-order chi connectivity index (χ1) is 35.1. The molecule has 23 heteroatoms. The molecule has 6 N–H and O–H groups in total. The van der Waals surface area contributed by atoms with Crippen LogP contribution in [0.5, 0.6) is 0 Å². The van der Waals surface area contributed by atoms with Gasteiger partial charge in [0.1, 0.15) is 36.1 Å². The lowest BCUT2D eigenvalue weighted by Crippen LogP contribution is -2.70. The van der Waals surface area contributed by atoms with Gasteiger partial charge in [0.25, 0.3) is 0 Å². The van der Waals surface area contributed by atoms with E-state index in [1.54, 1.807) is 68.6 Å². The second-order valence-electron chi connectivity index (χ2n) is 23.4. The third-order valence-corrected chi connectivity index (χ3v) is 17.5. The number of aromatic nitrogens is 3. The van der Waals surface area contributed by atoms with Gasteiger partial charge in [0.15, 0.2) is 12.1 Å². The van der Waals surface area contributed by atoms with Crippen molar-refractivity contribution >= 4 is 17.7 Å². The van der Waals surface area contributed by atoms with Crippen LogP contribution in [0.15, 0.2) is 30.5 Å². The minimum absolute atomic E-state index is 0.0746. The number of carbonyl (C=O) groups is 2. The highest BCUT2D eigenvalue weighted by Crippen LogP contribution is 2.56. The molecule has 4 aliphatic rings. The number of amides is 1. The van der Waals surface area contributed by atoms with Crippen molar-refractivity contribution in [1.29, 1.82) is 0 Å². The number of carbonyl (C=O) groups excluding carboxylic acids is 2. The van der Waals surface area contributed by atoms with Gasteiger partial charge in [-0.05, 0) is 111 Å². The Morgan fingerprint density at radius 1 is 0.934 bits per heavy atom. The Kier molecular flexibility index (Phi) is 18.8. The second kappa shape index (κ2) is 23.2. The first-order valence-corrected chi connectivity index (χ1v) is 26.5. The van der Waals surface area contributed by atoms with Crippen molar-refractivity contribution in [3.05, 3.63) is 41.7 Å². The van der Waals surface area contributed by atoms with E-state index in [1.165, 1.54) is 35.7 Å². The predicted molar refractivity (Wildman–Crippen MR) is 270 cm³/mol. The summed E-state index contributed by atoms with van der Waals surface area (Å²) < 4.78 is 78.3. The fraction of sp³-hybridized carbons (Fsp3) is 0.811. The standard InChI is InChI=1S/C53H85F3N6O14/c1-15-40-51(11,69)42(64)33(6)60(13)24-29(2)23-48(8,68)44(31(4)50(10,32(5)45(66)74-40)52(70)28-49(9,71-14)43(65)34(7)76-52)75-46-41(63)39(22-30(3)72-46)59(12)21-20-36-25-61(58-57-36)26-38-27-62(47(67)73-38)37-18-16-35(17-19-37)53(54,55)56/h16-19,25,29-34,38-44,46,63-65,68-70H,15,20-24,26-28H2,1-14H3/t29-,30-,31-,32+,33-,34+,38+,39+,40-,41-,42-,43+,44-,46+,48-,49-,50-,51-,52+/m1/s1. The number of alkyl halides is 3. The van der Waals surface area contributed by atoms with Crippen molar-refractivity contribution in [2.24, 2.45) is 23.2 Å². The van der Waals surface area contributed by atoms with E-state index < -0.39 is 131 Å². The van der Waals surface area contributed by atoms with E-state index in [0.717, 1.165) is 12.1 Å². The molecule has 6 rings (SSSR count). The zero-order valence-electron chi connectivity index (χ0n) is 46.6. The van der Waals surface area contributed by atoms with Crippen LogP contribution in [0.1, 0.15) is 113 Å². The summed E-state index contributed by atoms with van der Waals surface area (Å²) in [5, 5.41) is 82.2. The number of hydrogen-bond donors (Lipinski definition) is 6. The van der Waals surface area contributed by atoms with Gasteiger partial charge >= 0.3 is 18.2 Å².